The second-order valence-corrected chi connectivity index (χ2v) is 6.25. The Balaban J connectivity index is 1.45. The number of nitrogens with zero attached hydrogens (tertiary/aromatic N) is 3. The van der Waals surface area contributed by atoms with Crippen LogP contribution in [0.3, 0.4) is 0 Å². The Morgan fingerprint density at radius 1 is 0.964 bits per heavy atom. The molecule has 1 unspecified atom stereocenters. The Morgan fingerprint density at radius 2 is 1.61 bits per heavy atom. The summed E-state index contributed by atoms with van der Waals surface area (Å²) in [6.45, 7) is 1.67. The van der Waals surface area contributed by atoms with E-state index in [0.717, 1.165) is 27.4 Å². The van der Waals surface area contributed by atoms with Crippen molar-refractivity contribution in [2.45, 2.75) is 13.0 Å². The number of carbonyl (C=O) groups excluding carboxylic acids is 1. The third kappa shape index (κ3) is 3.66. The average Bonchev–Trinajstić information content (AvgIpc) is 2.74. The topological polar surface area (TPSA) is 76.5 Å². The first-order valence-electron chi connectivity index (χ1n) is 8.89. The van der Waals surface area contributed by atoms with E-state index in [1.165, 1.54) is 0 Å². The highest BCUT2D eigenvalue weighted by Crippen LogP contribution is 2.23. The summed E-state index contributed by atoms with van der Waals surface area (Å²) in [5, 5.41) is 6.02. The van der Waals surface area contributed by atoms with Crippen molar-refractivity contribution in [3.05, 3.63) is 78.6 Å². The van der Waals surface area contributed by atoms with E-state index in [-0.39, 0.29) is 5.91 Å². The fourth-order valence-corrected chi connectivity index (χ4v) is 2.90. The van der Waals surface area contributed by atoms with Gasteiger partial charge in [0.25, 0.3) is 5.91 Å². The van der Waals surface area contributed by atoms with Crippen LogP contribution in [-0.2, 0) is 4.79 Å². The Labute approximate surface area is 161 Å². The molecule has 1 N–H and O–H groups in total. The summed E-state index contributed by atoms with van der Waals surface area (Å²) in [5.41, 5.74) is 4.89. The van der Waals surface area contributed by atoms with Crippen LogP contribution in [0, 0.1) is 0 Å². The summed E-state index contributed by atoms with van der Waals surface area (Å²) in [6, 6.07) is 19.1. The zero-order chi connectivity index (χ0) is 19.3. The fraction of sp³-hybridized carbons (Fsp3) is 0.0909. The average molecular weight is 370 g/mol. The van der Waals surface area contributed by atoms with Crippen LogP contribution in [0.2, 0.25) is 0 Å². The maximum absolute atomic E-state index is 12.4. The van der Waals surface area contributed by atoms with E-state index < -0.39 is 6.10 Å². The summed E-state index contributed by atoms with van der Waals surface area (Å²) in [7, 11) is 0. The van der Waals surface area contributed by atoms with E-state index in [9.17, 15) is 4.79 Å². The number of para-hydroxylation sites is 2. The van der Waals surface area contributed by atoms with E-state index in [1.807, 2.05) is 54.6 Å². The van der Waals surface area contributed by atoms with Crippen LogP contribution in [0.25, 0.3) is 21.8 Å². The Bertz CT molecular complexity index is 1160. The first kappa shape index (κ1) is 17.6. The molecule has 28 heavy (non-hydrogen) atoms. The van der Waals surface area contributed by atoms with Gasteiger partial charge in [0, 0.05) is 28.7 Å². The molecule has 6 nitrogen and oxygen atoms in total. The smallest absolute Gasteiger partial charge is 0.280 e. The van der Waals surface area contributed by atoms with Crippen molar-refractivity contribution in [2.75, 3.05) is 0 Å². The monoisotopic (exact) mass is 370 g/mol. The minimum Gasteiger partial charge on any atom is -0.479 e. The Kier molecular flexibility index (Phi) is 4.93. The van der Waals surface area contributed by atoms with Gasteiger partial charge in [-0.1, -0.05) is 42.5 Å². The zero-order valence-corrected chi connectivity index (χ0v) is 15.2. The summed E-state index contributed by atoms with van der Waals surface area (Å²) in [4.78, 5) is 21.0. The SMILES string of the molecule is CC(Oc1cccc2cccnc12)C(=O)NN=Cc1cccc2cccnc12. The molecule has 6 heteroatoms. The van der Waals surface area contributed by atoms with Gasteiger partial charge in [0.2, 0.25) is 0 Å². The number of carbonyl (C=O) groups is 1. The number of ether oxygens (including phenoxy) is 1. The summed E-state index contributed by atoms with van der Waals surface area (Å²) in [6.07, 6.45) is 4.28. The highest BCUT2D eigenvalue weighted by Gasteiger charge is 2.15. The predicted octanol–water partition coefficient (Wildman–Crippen LogP) is 3.70. The lowest BCUT2D eigenvalue weighted by molar-refractivity contribution is -0.127. The molecule has 0 aliphatic rings. The molecule has 0 bridgehead atoms. The van der Waals surface area contributed by atoms with Gasteiger partial charge in [-0.3, -0.25) is 14.8 Å². The van der Waals surface area contributed by atoms with E-state index in [0.29, 0.717) is 5.75 Å². The molecule has 2 aromatic heterocycles. The number of aromatic nitrogens is 2. The molecule has 1 atom stereocenters. The molecule has 2 aromatic carbocycles. The highest BCUT2D eigenvalue weighted by atomic mass is 16.5. The van der Waals surface area contributed by atoms with E-state index in [4.69, 9.17) is 4.74 Å². The van der Waals surface area contributed by atoms with Crippen LogP contribution >= 0.6 is 0 Å². The van der Waals surface area contributed by atoms with Crippen molar-refractivity contribution >= 4 is 33.9 Å². The highest BCUT2D eigenvalue weighted by molar-refractivity contribution is 5.97. The second-order valence-electron chi connectivity index (χ2n) is 6.25. The number of hydrogen-bond acceptors (Lipinski definition) is 5. The van der Waals surface area contributed by atoms with Crippen molar-refractivity contribution in [2.24, 2.45) is 5.10 Å². The lowest BCUT2D eigenvalue weighted by atomic mass is 10.1. The molecular weight excluding hydrogens is 352 g/mol. The van der Waals surface area contributed by atoms with Crippen molar-refractivity contribution in [1.29, 1.82) is 0 Å². The van der Waals surface area contributed by atoms with Crippen LogP contribution in [0.1, 0.15) is 12.5 Å². The van der Waals surface area contributed by atoms with Crippen LogP contribution < -0.4 is 10.2 Å². The van der Waals surface area contributed by atoms with Crippen LogP contribution in [0.5, 0.6) is 5.75 Å². The van der Waals surface area contributed by atoms with E-state index in [1.54, 1.807) is 31.6 Å². The molecule has 0 aliphatic carbocycles. The molecule has 4 aromatic rings. The normalized spacial score (nSPS) is 12.3. The lowest BCUT2D eigenvalue weighted by Gasteiger charge is -2.14. The van der Waals surface area contributed by atoms with E-state index >= 15 is 0 Å². The van der Waals surface area contributed by atoms with E-state index in [2.05, 4.69) is 20.5 Å². The largest absolute Gasteiger partial charge is 0.479 e. The van der Waals surface area contributed by atoms with Crippen LogP contribution in [0.4, 0.5) is 0 Å². The van der Waals surface area contributed by atoms with Gasteiger partial charge in [-0.15, -0.1) is 0 Å². The number of hydrogen-bond donors (Lipinski definition) is 1. The minimum absolute atomic E-state index is 0.350. The summed E-state index contributed by atoms with van der Waals surface area (Å²) in [5.74, 6) is 0.209. The molecule has 0 spiro atoms. The van der Waals surface area contributed by atoms with Crippen molar-refractivity contribution < 1.29 is 9.53 Å². The first-order chi connectivity index (χ1) is 13.7. The van der Waals surface area contributed by atoms with Crippen molar-refractivity contribution in [3.63, 3.8) is 0 Å². The molecule has 2 heterocycles. The lowest BCUT2D eigenvalue weighted by Crippen LogP contribution is -2.33. The number of pyridine rings is 2. The zero-order valence-electron chi connectivity index (χ0n) is 15.2. The van der Waals surface area contributed by atoms with Gasteiger partial charge >= 0.3 is 0 Å². The number of hydrazone groups is 1. The molecule has 0 aliphatic heterocycles. The van der Waals surface area contributed by atoms with Crippen LogP contribution in [-0.4, -0.2) is 28.2 Å². The van der Waals surface area contributed by atoms with Gasteiger partial charge in [-0.2, -0.15) is 5.10 Å². The first-order valence-corrected chi connectivity index (χ1v) is 8.89. The number of nitrogens with one attached hydrogen (secondary N) is 1. The maximum atomic E-state index is 12.4. The van der Waals surface area contributed by atoms with Gasteiger partial charge < -0.3 is 4.74 Å². The van der Waals surface area contributed by atoms with Crippen molar-refractivity contribution in [3.8, 4) is 5.75 Å². The summed E-state index contributed by atoms with van der Waals surface area (Å²) >= 11 is 0. The Morgan fingerprint density at radius 3 is 2.39 bits per heavy atom. The summed E-state index contributed by atoms with van der Waals surface area (Å²) < 4.78 is 5.80. The molecule has 0 fully saturated rings. The second kappa shape index (κ2) is 7.84. The van der Waals surface area contributed by atoms with Gasteiger partial charge in [-0.25, -0.2) is 5.43 Å². The number of amides is 1. The van der Waals surface area contributed by atoms with Crippen LogP contribution in [0.15, 0.2) is 78.2 Å². The molecule has 138 valence electrons. The number of rotatable bonds is 5. The molecule has 4 rings (SSSR count). The fourth-order valence-electron chi connectivity index (χ4n) is 2.90. The third-order valence-electron chi connectivity index (χ3n) is 4.31. The molecule has 0 saturated heterocycles. The Hall–Kier alpha value is -3.80. The van der Waals surface area contributed by atoms with Gasteiger partial charge in [-0.05, 0) is 25.1 Å². The van der Waals surface area contributed by atoms with Gasteiger partial charge in [0.1, 0.15) is 11.3 Å². The quantitative estimate of drug-likeness (QED) is 0.429. The molecule has 0 radical (unpaired) electrons. The maximum Gasteiger partial charge on any atom is 0.280 e. The number of benzene rings is 2. The van der Waals surface area contributed by atoms with Gasteiger partial charge in [0.15, 0.2) is 6.10 Å². The number of fused-ring (bicyclic) bond motifs is 2. The minimum atomic E-state index is -0.726. The molecular formula is C22H18N4O2. The molecule has 1 amide bonds. The van der Waals surface area contributed by atoms with Gasteiger partial charge in [0.05, 0.1) is 11.7 Å². The molecule has 0 saturated carbocycles. The van der Waals surface area contributed by atoms with Crippen molar-refractivity contribution in [1.82, 2.24) is 15.4 Å². The third-order valence-corrected chi connectivity index (χ3v) is 4.31. The standard InChI is InChI=1S/C22H18N4O2/c1-15(28-19-11-3-7-17-10-5-13-24-21(17)19)22(27)26-25-14-18-8-2-6-16-9-4-12-23-20(16)18/h2-15H,1H3,(H,26,27). The predicted molar refractivity (Wildman–Crippen MR) is 109 cm³/mol.